The summed E-state index contributed by atoms with van der Waals surface area (Å²) >= 11 is 6.00. The zero-order valence-corrected chi connectivity index (χ0v) is 15.3. The van der Waals surface area contributed by atoms with Crippen molar-refractivity contribution in [3.05, 3.63) is 82.1 Å². The molecule has 2 aromatic carbocycles. The molecule has 0 unspecified atom stereocenters. The van der Waals surface area contributed by atoms with E-state index in [0.29, 0.717) is 23.2 Å². The number of rotatable bonds is 5. The maximum Gasteiger partial charge on any atom is 0.274 e. The van der Waals surface area contributed by atoms with Gasteiger partial charge in [-0.05, 0) is 43.2 Å². The van der Waals surface area contributed by atoms with Crippen LogP contribution in [0.15, 0.2) is 54.7 Å². The van der Waals surface area contributed by atoms with E-state index in [1.165, 1.54) is 5.56 Å². The molecule has 3 rings (SSSR count). The van der Waals surface area contributed by atoms with Crippen molar-refractivity contribution in [2.75, 3.05) is 10.6 Å². The summed E-state index contributed by atoms with van der Waals surface area (Å²) in [6.45, 7) is 4.53. The molecule has 0 aliphatic heterocycles. The van der Waals surface area contributed by atoms with Crippen LogP contribution in [0.3, 0.4) is 0 Å². The third kappa shape index (κ3) is 4.58. The summed E-state index contributed by atoms with van der Waals surface area (Å²) in [6, 6.07) is 15.1. The molecule has 0 fully saturated rings. The quantitative estimate of drug-likeness (QED) is 0.691. The largest absolute Gasteiger partial charge is 0.350 e. The number of hydrogen-bond acceptors (Lipinski definition) is 4. The SMILES string of the molecule is Cc1cccc(CNc2nccc(C(=O)Nc3cc(Cl)ccc3C)n2)c1. The smallest absolute Gasteiger partial charge is 0.274 e. The van der Waals surface area contributed by atoms with Crippen LogP contribution in [0.5, 0.6) is 0 Å². The Morgan fingerprint density at radius 2 is 1.96 bits per heavy atom. The number of aromatic nitrogens is 2. The lowest BCUT2D eigenvalue weighted by Gasteiger charge is -2.10. The molecule has 0 spiro atoms. The van der Waals surface area contributed by atoms with Gasteiger partial charge in [0.05, 0.1) is 0 Å². The molecular weight excluding hydrogens is 348 g/mol. The van der Waals surface area contributed by atoms with Gasteiger partial charge in [-0.2, -0.15) is 0 Å². The number of benzene rings is 2. The summed E-state index contributed by atoms with van der Waals surface area (Å²) in [5, 5.41) is 6.54. The topological polar surface area (TPSA) is 66.9 Å². The van der Waals surface area contributed by atoms with Gasteiger partial charge in [-0.15, -0.1) is 0 Å². The molecule has 3 aromatic rings. The molecule has 26 heavy (non-hydrogen) atoms. The number of carbonyl (C=O) groups excluding carboxylic acids is 1. The minimum Gasteiger partial charge on any atom is -0.350 e. The van der Waals surface area contributed by atoms with Crippen molar-refractivity contribution in [1.82, 2.24) is 9.97 Å². The molecule has 1 amide bonds. The van der Waals surface area contributed by atoms with Gasteiger partial charge in [0, 0.05) is 23.5 Å². The highest BCUT2D eigenvalue weighted by atomic mass is 35.5. The Morgan fingerprint density at radius 3 is 2.77 bits per heavy atom. The molecule has 0 bridgehead atoms. The first-order valence-electron chi connectivity index (χ1n) is 8.21. The standard InChI is InChI=1S/C20H19ClN4O/c1-13-4-3-5-15(10-13)12-23-20-22-9-8-17(25-20)19(26)24-18-11-16(21)7-6-14(18)2/h3-11H,12H2,1-2H3,(H,24,26)(H,22,23,25). The fourth-order valence-corrected chi connectivity index (χ4v) is 2.66. The molecule has 0 aliphatic rings. The number of halogens is 1. The van der Waals surface area contributed by atoms with E-state index in [-0.39, 0.29) is 11.6 Å². The van der Waals surface area contributed by atoms with Crippen LogP contribution in [0.1, 0.15) is 27.2 Å². The highest BCUT2D eigenvalue weighted by Gasteiger charge is 2.11. The Bertz CT molecular complexity index is 943. The van der Waals surface area contributed by atoms with Crippen LogP contribution >= 0.6 is 11.6 Å². The maximum atomic E-state index is 12.5. The third-order valence-corrected chi connectivity index (χ3v) is 4.10. The average Bonchev–Trinajstić information content (AvgIpc) is 2.63. The van der Waals surface area contributed by atoms with Gasteiger partial charge in [-0.1, -0.05) is 47.5 Å². The fraction of sp³-hybridized carbons (Fsp3) is 0.150. The van der Waals surface area contributed by atoms with Gasteiger partial charge in [-0.3, -0.25) is 4.79 Å². The summed E-state index contributed by atoms with van der Waals surface area (Å²) in [4.78, 5) is 20.9. The Kier molecular flexibility index (Phi) is 5.49. The Balaban J connectivity index is 1.70. The maximum absolute atomic E-state index is 12.5. The van der Waals surface area contributed by atoms with Crippen molar-refractivity contribution in [3.8, 4) is 0 Å². The Morgan fingerprint density at radius 1 is 1.12 bits per heavy atom. The van der Waals surface area contributed by atoms with Crippen LogP contribution in [0, 0.1) is 13.8 Å². The third-order valence-electron chi connectivity index (χ3n) is 3.87. The molecule has 0 aliphatic carbocycles. The highest BCUT2D eigenvalue weighted by Crippen LogP contribution is 2.20. The molecule has 2 N–H and O–H groups in total. The van der Waals surface area contributed by atoms with Gasteiger partial charge >= 0.3 is 0 Å². The molecule has 1 heterocycles. The van der Waals surface area contributed by atoms with Crippen LogP contribution < -0.4 is 10.6 Å². The molecule has 1 aromatic heterocycles. The molecule has 5 nitrogen and oxygen atoms in total. The summed E-state index contributed by atoms with van der Waals surface area (Å²) in [5.41, 5.74) is 4.18. The lowest BCUT2D eigenvalue weighted by molar-refractivity contribution is 0.102. The van der Waals surface area contributed by atoms with E-state index >= 15 is 0 Å². The van der Waals surface area contributed by atoms with E-state index in [4.69, 9.17) is 11.6 Å². The predicted octanol–water partition coefficient (Wildman–Crippen LogP) is 4.61. The van der Waals surface area contributed by atoms with Crippen LogP contribution in [-0.4, -0.2) is 15.9 Å². The summed E-state index contributed by atoms with van der Waals surface area (Å²) in [7, 11) is 0. The zero-order valence-electron chi connectivity index (χ0n) is 14.6. The summed E-state index contributed by atoms with van der Waals surface area (Å²) in [6.07, 6.45) is 1.56. The summed E-state index contributed by atoms with van der Waals surface area (Å²) in [5.74, 6) is 0.0957. The minimum absolute atomic E-state index is 0.283. The van der Waals surface area contributed by atoms with Gasteiger partial charge in [0.25, 0.3) is 5.91 Å². The number of nitrogens with one attached hydrogen (secondary N) is 2. The second-order valence-corrected chi connectivity index (χ2v) is 6.46. The van der Waals surface area contributed by atoms with Gasteiger partial charge in [0.2, 0.25) is 5.95 Å². The van der Waals surface area contributed by atoms with Crippen molar-refractivity contribution >= 4 is 29.1 Å². The normalized spacial score (nSPS) is 10.4. The van der Waals surface area contributed by atoms with Crippen LogP contribution in [0.4, 0.5) is 11.6 Å². The Hall–Kier alpha value is -2.92. The highest BCUT2D eigenvalue weighted by molar-refractivity contribution is 6.31. The van der Waals surface area contributed by atoms with E-state index in [9.17, 15) is 4.79 Å². The second-order valence-electron chi connectivity index (χ2n) is 6.02. The van der Waals surface area contributed by atoms with Crippen molar-refractivity contribution in [2.24, 2.45) is 0 Å². The van der Waals surface area contributed by atoms with Gasteiger partial charge < -0.3 is 10.6 Å². The molecule has 6 heteroatoms. The number of anilines is 2. The fourth-order valence-electron chi connectivity index (χ4n) is 2.49. The van der Waals surface area contributed by atoms with Gasteiger partial charge in [0.15, 0.2) is 0 Å². The first-order valence-corrected chi connectivity index (χ1v) is 8.59. The monoisotopic (exact) mass is 366 g/mol. The van der Waals surface area contributed by atoms with E-state index in [0.717, 1.165) is 11.1 Å². The molecular formula is C20H19ClN4O. The lowest BCUT2D eigenvalue weighted by atomic mass is 10.1. The minimum atomic E-state index is -0.309. The van der Waals surface area contributed by atoms with Crippen molar-refractivity contribution < 1.29 is 4.79 Å². The van der Waals surface area contributed by atoms with E-state index < -0.39 is 0 Å². The van der Waals surface area contributed by atoms with Crippen molar-refractivity contribution in [3.63, 3.8) is 0 Å². The van der Waals surface area contributed by atoms with Crippen LogP contribution in [0.2, 0.25) is 5.02 Å². The van der Waals surface area contributed by atoms with Gasteiger partial charge in [-0.25, -0.2) is 9.97 Å². The van der Waals surface area contributed by atoms with Crippen molar-refractivity contribution in [1.29, 1.82) is 0 Å². The van der Waals surface area contributed by atoms with E-state index in [2.05, 4.69) is 26.7 Å². The van der Waals surface area contributed by atoms with E-state index in [1.54, 1.807) is 24.4 Å². The van der Waals surface area contributed by atoms with Crippen LogP contribution in [-0.2, 0) is 6.54 Å². The lowest BCUT2D eigenvalue weighted by Crippen LogP contribution is -2.16. The number of hydrogen-bond donors (Lipinski definition) is 2. The molecule has 0 saturated carbocycles. The first kappa shape index (κ1) is 17.9. The Labute approximate surface area is 157 Å². The molecule has 132 valence electrons. The zero-order chi connectivity index (χ0) is 18.5. The van der Waals surface area contributed by atoms with Crippen LogP contribution in [0.25, 0.3) is 0 Å². The average molecular weight is 367 g/mol. The second kappa shape index (κ2) is 7.97. The van der Waals surface area contributed by atoms with Gasteiger partial charge in [0.1, 0.15) is 5.69 Å². The number of aryl methyl sites for hydroxylation is 2. The van der Waals surface area contributed by atoms with Crippen molar-refractivity contribution in [2.45, 2.75) is 20.4 Å². The number of nitrogens with zero attached hydrogens (tertiary/aromatic N) is 2. The van der Waals surface area contributed by atoms with E-state index in [1.807, 2.05) is 38.1 Å². The molecule has 0 saturated heterocycles. The molecule has 0 radical (unpaired) electrons. The predicted molar refractivity (Wildman–Crippen MR) is 105 cm³/mol. The number of carbonyl (C=O) groups is 1. The summed E-state index contributed by atoms with van der Waals surface area (Å²) < 4.78 is 0. The molecule has 0 atom stereocenters. The first-order chi connectivity index (χ1) is 12.5. The number of amides is 1.